The second kappa shape index (κ2) is 7.28. The highest BCUT2D eigenvalue weighted by atomic mass is 16.5. The molecule has 1 aliphatic heterocycles. The van der Waals surface area contributed by atoms with Crippen LogP contribution in [-0.4, -0.2) is 47.7 Å². The molecule has 2 rings (SSSR count). The number of piperidine rings is 1. The van der Waals surface area contributed by atoms with Crippen molar-refractivity contribution in [3.8, 4) is 5.88 Å². The Balaban J connectivity index is 1.83. The van der Waals surface area contributed by atoms with E-state index in [0.29, 0.717) is 12.5 Å². The minimum atomic E-state index is 0.630. The molecule has 0 spiro atoms. The van der Waals surface area contributed by atoms with Crippen molar-refractivity contribution in [3.63, 3.8) is 0 Å². The highest BCUT2D eigenvalue weighted by Crippen LogP contribution is 2.20. The number of aromatic nitrogens is 2. The Hall–Kier alpha value is -1.36. The van der Waals surface area contributed by atoms with Crippen molar-refractivity contribution in [2.75, 3.05) is 38.1 Å². The molecule has 1 aromatic heterocycles. The van der Waals surface area contributed by atoms with E-state index in [9.17, 15) is 0 Å². The fourth-order valence-corrected chi connectivity index (χ4v) is 2.41. The summed E-state index contributed by atoms with van der Waals surface area (Å²) in [5.74, 6) is 1.56. The first kappa shape index (κ1) is 14.1. The van der Waals surface area contributed by atoms with Crippen molar-refractivity contribution in [1.29, 1.82) is 0 Å². The van der Waals surface area contributed by atoms with E-state index < -0.39 is 0 Å². The van der Waals surface area contributed by atoms with E-state index in [2.05, 4.69) is 20.2 Å². The van der Waals surface area contributed by atoms with Gasteiger partial charge in [-0.3, -0.25) is 0 Å². The summed E-state index contributed by atoms with van der Waals surface area (Å²) in [7, 11) is 0. The molecule has 5 heteroatoms. The number of likely N-dealkylation sites (tertiary alicyclic amines) is 1. The SMILES string of the molecule is CCOc1ncnc(NCCN2CCCCC2)c1C. The van der Waals surface area contributed by atoms with Gasteiger partial charge in [-0.2, -0.15) is 0 Å². The van der Waals surface area contributed by atoms with Crippen molar-refractivity contribution in [2.45, 2.75) is 33.1 Å². The number of hydrogen-bond acceptors (Lipinski definition) is 5. The second-order valence-electron chi connectivity index (χ2n) is 4.91. The van der Waals surface area contributed by atoms with Crippen LogP contribution >= 0.6 is 0 Å². The Labute approximate surface area is 115 Å². The molecule has 0 amide bonds. The van der Waals surface area contributed by atoms with Gasteiger partial charge in [-0.25, -0.2) is 9.97 Å². The van der Waals surface area contributed by atoms with Crippen LogP contribution in [0.4, 0.5) is 5.82 Å². The normalized spacial score (nSPS) is 16.3. The molecule has 0 atom stereocenters. The van der Waals surface area contributed by atoms with Gasteiger partial charge in [-0.15, -0.1) is 0 Å². The van der Waals surface area contributed by atoms with Gasteiger partial charge in [0.15, 0.2) is 0 Å². The third-order valence-corrected chi connectivity index (χ3v) is 3.49. The lowest BCUT2D eigenvalue weighted by Gasteiger charge is -2.26. The fourth-order valence-electron chi connectivity index (χ4n) is 2.41. The van der Waals surface area contributed by atoms with Crippen LogP contribution in [-0.2, 0) is 0 Å². The van der Waals surface area contributed by atoms with Crippen LogP contribution in [0.2, 0.25) is 0 Å². The average molecular weight is 264 g/mol. The van der Waals surface area contributed by atoms with Gasteiger partial charge < -0.3 is 15.0 Å². The lowest BCUT2D eigenvalue weighted by Crippen LogP contribution is -2.33. The third-order valence-electron chi connectivity index (χ3n) is 3.49. The first-order valence-electron chi connectivity index (χ1n) is 7.22. The van der Waals surface area contributed by atoms with E-state index in [1.165, 1.54) is 32.4 Å². The van der Waals surface area contributed by atoms with Crippen molar-refractivity contribution < 1.29 is 4.74 Å². The first-order valence-corrected chi connectivity index (χ1v) is 7.22. The summed E-state index contributed by atoms with van der Waals surface area (Å²) in [5.41, 5.74) is 0.989. The number of rotatable bonds is 6. The molecule has 106 valence electrons. The van der Waals surface area contributed by atoms with Gasteiger partial charge in [0.2, 0.25) is 5.88 Å². The van der Waals surface area contributed by atoms with Gasteiger partial charge >= 0.3 is 0 Å². The zero-order chi connectivity index (χ0) is 13.5. The molecule has 1 aromatic rings. The summed E-state index contributed by atoms with van der Waals surface area (Å²) in [6, 6.07) is 0. The highest BCUT2D eigenvalue weighted by molar-refractivity contribution is 5.47. The van der Waals surface area contributed by atoms with Gasteiger partial charge in [0.1, 0.15) is 12.1 Å². The average Bonchev–Trinajstić information content (AvgIpc) is 2.44. The van der Waals surface area contributed by atoms with Gasteiger partial charge in [0.05, 0.1) is 12.2 Å². The predicted octanol–water partition coefficient (Wildman–Crippen LogP) is 2.08. The lowest BCUT2D eigenvalue weighted by molar-refractivity contribution is 0.237. The van der Waals surface area contributed by atoms with Gasteiger partial charge in [-0.1, -0.05) is 6.42 Å². The molecule has 1 N–H and O–H groups in total. The summed E-state index contributed by atoms with van der Waals surface area (Å²) in [6.07, 6.45) is 5.61. The van der Waals surface area contributed by atoms with E-state index in [4.69, 9.17) is 4.74 Å². The number of nitrogens with zero attached hydrogens (tertiary/aromatic N) is 3. The van der Waals surface area contributed by atoms with E-state index in [0.717, 1.165) is 24.5 Å². The lowest BCUT2D eigenvalue weighted by atomic mass is 10.1. The molecule has 0 aromatic carbocycles. The molecule has 5 nitrogen and oxygen atoms in total. The molecule has 0 saturated carbocycles. The van der Waals surface area contributed by atoms with Crippen LogP contribution in [0.25, 0.3) is 0 Å². The maximum Gasteiger partial charge on any atom is 0.221 e. The maximum atomic E-state index is 5.47. The number of anilines is 1. The largest absolute Gasteiger partial charge is 0.478 e. The Morgan fingerprint density at radius 3 is 2.79 bits per heavy atom. The molecule has 1 saturated heterocycles. The molecule has 0 radical (unpaired) electrons. The fraction of sp³-hybridized carbons (Fsp3) is 0.714. The van der Waals surface area contributed by atoms with Crippen molar-refractivity contribution >= 4 is 5.82 Å². The molecule has 0 bridgehead atoms. The van der Waals surface area contributed by atoms with Crippen LogP contribution in [0.5, 0.6) is 5.88 Å². The molecule has 19 heavy (non-hydrogen) atoms. The molecule has 1 fully saturated rings. The van der Waals surface area contributed by atoms with Crippen LogP contribution in [0.1, 0.15) is 31.7 Å². The summed E-state index contributed by atoms with van der Waals surface area (Å²) in [4.78, 5) is 10.9. The second-order valence-corrected chi connectivity index (χ2v) is 4.91. The van der Waals surface area contributed by atoms with Crippen LogP contribution in [0, 0.1) is 6.92 Å². The Kier molecular flexibility index (Phi) is 5.39. The highest BCUT2D eigenvalue weighted by Gasteiger charge is 2.10. The summed E-state index contributed by atoms with van der Waals surface area (Å²) in [5, 5.41) is 3.39. The topological polar surface area (TPSA) is 50.3 Å². The number of hydrogen-bond donors (Lipinski definition) is 1. The zero-order valence-corrected chi connectivity index (χ0v) is 12.0. The smallest absolute Gasteiger partial charge is 0.221 e. The Bertz CT molecular complexity index is 391. The minimum absolute atomic E-state index is 0.630. The van der Waals surface area contributed by atoms with Crippen molar-refractivity contribution in [2.24, 2.45) is 0 Å². The van der Waals surface area contributed by atoms with Gasteiger partial charge in [0, 0.05) is 13.1 Å². The number of ether oxygens (including phenoxy) is 1. The van der Waals surface area contributed by atoms with Crippen molar-refractivity contribution in [3.05, 3.63) is 11.9 Å². The third kappa shape index (κ3) is 4.06. The Morgan fingerprint density at radius 2 is 2.05 bits per heavy atom. The van der Waals surface area contributed by atoms with Crippen LogP contribution < -0.4 is 10.1 Å². The van der Waals surface area contributed by atoms with Crippen LogP contribution in [0.3, 0.4) is 0 Å². The van der Waals surface area contributed by atoms with E-state index in [1.54, 1.807) is 6.33 Å². The number of nitrogens with one attached hydrogen (secondary N) is 1. The maximum absolute atomic E-state index is 5.47. The van der Waals surface area contributed by atoms with Crippen LogP contribution in [0.15, 0.2) is 6.33 Å². The first-order chi connectivity index (χ1) is 9.31. The summed E-state index contributed by atoms with van der Waals surface area (Å²) in [6.45, 7) is 9.05. The van der Waals surface area contributed by atoms with Crippen molar-refractivity contribution in [1.82, 2.24) is 14.9 Å². The van der Waals surface area contributed by atoms with E-state index in [1.807, 2.05) is 13.8 Å². The molecular weight excluding hydrogens is 240 g/mol. The monoisotopic (exact) mass is 264 g/mol. The molecule has 2 heterocycles. The standard InChI is InChI=1S/C14H24N4O/c1-3-19-14-12(2)13(16-11-17-14)15-7-10-18-8-5-4-6-9-18/h11H,3-10H2,1-2H3,(H,15,16,17). The minimum Gasteiger partial charge on any atom is -0.478 e. The summed E-state index contributed by atoms with van der Waals surface area (Å²) < 4.78 is 5.47. The Morgan fingerprint density at radius 1 is 1.26 bits per heavy atom. The molecule has 0 unspecified atom stereocenters. The molecular formula is C14H24N4O. The molecule has 1 aliphatic rings. The predicted molar refractivity (Wildman–Crippen MR) is 76.7 cm³/mol. The van der Waals surface area contributed by atoms with Gasteiger partial charge in [0.25, 0.3) is 0 Å². The zero-order valence-electron chi connectivity index (χ0n) is 12.0. The summed E-state index contributed by atoms with van der Waals surface area (Å²) >= 11 is 0. The van der Waals surface area contributed by atoms with E-state index >= 15 is 0 Å². The quantitative estimate of drug-likeness (QED) is 0.852. The van der Waals surface area contributed by atoms with E-state index in [-0.39, 0.29) is 0 Å². The van der Waals surface area contributed by atoms with Gasteiger partial charge in [-0.05, 0) is 39.8 Å². The molecule has 0 aliphatic carbocycles.